The van der Waals surface area contributed by atoms with Crippen molar-refractivity contribution in [2.45, 2.75) is 70.5 Å². The van der Waals surface area contributed by atoms with Crippen LogP contribution in [0.2, 0.25) is 0 Å². The van der Waals surface area contributed by atoms with Crippen LogP contribution in [0.15, 0.2) is 70.5 Å². The Labute approximate surface area is 246 Å². The van der Waals surface area contributed by atoms with Crippen molar-refractivity contribution < 1.29 is 31.1 Å². The highest BCUT2D eigenvalue weighted by molar-refractivity contribution is 8.00. The molecule has 2 fully saturated rings. The predicted molar refractivity (Wildman–Crippen MR) is 152 cm³/mol. The van der Waals surface area contributed by atoms with Crippen LogP contribution >= 0.6 is 35.9 Å². The molecule has 0 radical (unpaired) electrons. The van der Waals surface area contributed by atoms with Crippen LogP contribution in [0.25, 0.3) is 0 Å². The molecule has 4 rings (SSSR count). The number of piperidine rings is 2. The Hall–Kier alpha value is -1.11. The maximum atomic E-state index is 14.0. The van der Waals surface area contributed by atoms with Crippen LogP contribution in [0.4, 0.5) is 26.3 Å². The molecule has 0 N–H and O–H groups in total. The zero-order valence-electron chi connectivity index (χ0n) is 21.9. The highest BCUT2D eigenvalue weighted by Gasteiger charge is 2.50. The number of benzene rings is 2. The minimum absolute atomic E-state index is 0. The molecule has 3 nitrogen and oxygen atoms in total. The molecule has 2 aliphatic heterocycles. The van der Waals surface area contributed by atoms with Gasteiger partial charge in [-0.15, -0.1) is 35.9 Å². The molecule has 2 aromatic carbocycles. The Morgan fingerprint density at radius 1 is 0.675 bits per heavy atom. The van der Waals surface area contributed by atoms with Crippen LogP contribution in [-0.2, 0) is 4.74 Å². The van der Waals surface area contributed by atoms with E-state index in [4.69, 9.17) is 4.74 Å². The van der Waals surface area contributed by atoms with Gasteiger partial charge in [-0.3, -0.25) is 9.80 Å². The fraction of sp³-hybridized carbons (Fsp3) is 0.571. The van der Waals surface area contributed by atoms with Crippen molar-refractivity contribution in [3.8, 4) is 0 Å². The van der Waals surface area contributed by atoms with Crippen molar-refractivity contribution >= 4 is 35.9 Å². The molecule has 2 aromatic rings. The van der Waals surface area contributed by atoms with Crippen LogP contribution in [0.1, 0.15) is 25.7 Å². The van der Waals surface area contributed by atoms with Gasteiger partial charge in [0.1, 0.15) is 0 Å². The number of hydrogen-bond donors (Lipinski definition) is 0. The summed E-state index contributed by atoms with van der Waals surface area (Å²) < 4.78 is 89.0. The van der Waals surface area contributed by atoms with Crippen LogP contribution in [0, 0.1) is 0 Å². The highest BCUT2D eigenvalue weighted by Crippen LogP contribution is 2.35. The summed E-state index contributed by atoms with van der Waals surface area (Å²) in [4.78, 5) is 5.25. The van der Waals surface area contributed by atoms with Gasteiger partial charge in [-0.05, 0) is 63.0 Å². The molecule has 40 heavy (non-hydrogen) atoms. The van der Waals surface area contributed by atoms with Crippen molar-refractivity contribution in [1.29, 1.82) is 0 Å². The van der Waals surface area contributed by atoms with Crippen molar-refractivity contribution in [2.75, 3.05) is 39.3 Å². The zero-order chi connectivity index (χ0) is 27.9. The average molecular weight is 629 g/mol. The summed E-state index contributed by atoms with van der Waals surface area (Å²) >= 11 is 3.19. The fourth-order valence-electron chi connectivity index (χ4n) is 5.05. The first-order chi connectivity index (χ1) is 18.6. The second-order valence-electron chi connectivity index (χ2n) is 10.1. The topological polar surface area (TPSA) is 15.7 Å². The zero-order valence-corrected chi connectivity index (χ0v) is 24.4. The van der Waals surface area contributed by atoms with Gasteiger partial charge in [-0.2, -0.15) is 26.3 Å². The molecule has 0 bridgehead atoms. The summed E-state index contributed by atoms with van der Waals surface area (Å²) in [5, 5.41) is 0.140. The van der Waals surface area contributed by atoms with E-state index in [1.165, 1.54) is 0 Å². The van der Waals surface area contributed by atoms with Crippen molar-refractivity contribution in [3.63, 3.8) is 0 Å². The van der Waals surface area contributed by atoms with E-state index < -0.39 is 37.7 Å². The van der Waals surface area contributed by atoms with Crippen molar-refractivity contribution in [1.82, 2.24) is 9.80 Å². The predicted octanol–water partition coefficient (Wildman–Crippen LogP) is 7.80. The van der Waals surface area contributed by atoms with Gasteiger partial charge < -0.3 is 4.74 Å². The maximum absolute atomic E-state index is 14.0. The van der Waals surface area contributed by atoms with E-state index in [1.54, 1.807) is 33.3 Å². The number of ether oxygens (including phenoxy) is 1. The second kappa shape index (κ2) is 15.4. The second-order valence-corrected chi connectivity index (χ2v) is 12.9. The molecular weight excluding hydrogens is 594 g/mol. The highest BCUT2D eigenvalue weighted by atomic mass is 35.5. The molecule has 0 amide bonds. The molecule has 0 saturated carbocycles. The van der Waals surface area contributed by atoms with E-state index >= 15 is 0 Å². The number of nitrogens with zero attached hydrogens (tertiary/aromatic N) is 2. The third kappa shape index (κ3) is 10.6. The van der Waals surface area contributed by atoms with Crippen LogP contribution in [-0.4, -0.2) is 84.1 Å². The van der Waals surface area contributed by atoms with Crippen LogP contribution in [0.3, 0.4) is 0 Å². The minimum atomic E-state index is -4.91. The number of likely N-dealkylation sites (tertiary alicyclic amines) is 2. The van der Waals surface area contributed by atoms with Gasteiger partial charge in [0.25, 0.3) is 0 Å². The first kappa shape index (κ1) is 33.4. The molecule has 2 heterocycles. The average Bonchev–Trinajstić information content (AvgIpc) is 2.88. The number of alkyl halides is 6. The minimum Gasteiger partial charge on any atom is -0.353 e. The quantitative estimate of drug-likeness (QED) is 0.249. The molecule has 12 heteroatoms. The van der Waals surface area contributed by atoms with Crippen LogP contribution < -0.4 is 0 Å². The Kier molecular flexibility index (Phi) is 12.8. The molecule has 2 saturated heterocycles. The standard InChI is InChI=1S/C28H34F6N2OS2.ClH/c29-27(30,31)25(19-35-15-7-13-23(17-35)38-21-9-3-1-4-10-21)37-26(28(32,33)34)20-36-16-8-14-24(18-36)39-22-11-5-2-6-12-22;/h1-6,9-12,23-26H,7-8,13-20H2;1H/t23?,24?,25-,26-;/m0./s1. The molecule has 4 atom stereocenters. The lowest BCUT2D eigenvalue weighted by molar-refractivity contribution is -0.290. The van der Waals surface area contributed by atoms with Gasteiger partial charge >= 0.3 is 12.4 Å². The van der Waals surface area contributed by atoms with E-state index in [0.717, 1.165) is 22.6 Å². The summed E-state index contributed by atoms with van der Waals surface area (Å²) in [6.45, 7) is 0.349. The Morgan fingerprint density at radius 3 is 1.40 bits per heavy atom. The Bertz CT molecular complexity index is 922. The van der Waals surface area contributed by atoms with Gasteiger partial charge in [0.2, 0.25) is 0 Å². The number of thioether (sulfide) groups is 2. The smallest absolute Gasteiger partial charge is 0.353 e. The molecular formula is C28H35ClF6N2OS2. The molecule has 0 spiro atoms. The van der Waals surface area contributed by atoms with Gasteiger partial charge in [-0.1, -0.05) is 36.4 Å². The normalized spacial score (nSPS) is 22.9. The van der Waals surface area contributed by atoms with Gasteiger partial charge in [0.05, 0.1) is 0 Å². The number of halogens is 7. The lowest BCUT2D eigenvalue weighted by Crippen LogP contribution is -2.53. The lowest BCUT2D eigenvalue weighted by Gasteiger charge is -2.38. The first-order valence-electron chi connectivity index (χ1n) is 13.2. The van der Waals surface area contributed by atoms with E-state index in [2.05, 4.69) is 0 Å². The number of rotatable bonds is 10. The fourth-order valence-corrected chi connectivity index (χ4v) is 7.59. The van der Waals surface area contributed by atoms with E-state index in [-0.39, 0.29) is 22.9 Å². The molecule has 224 valence electrons. The molecule has 0 aliphatic carbocycles. The van der Waals surface area contributed by atoms with E-state index in [9.17, 15) is 26.3 Å². The summed E-state index contributed by atoms with van der Waals surface area (Å²) in [5.41, 5.74) is 0. The van der Waals surface area contributed by atoms with E-state index in [1.807, 2.05) is 60.7 Å². The molecule has 0 aromatic heterocycles. The molecule has 2 aliphatic rings. The maximum Gasteiger partial charge on any atom is 0.415 e. The van der Waals surface area contributed by atoms with E-state index in [0.29, 0.717) is 39.0 Å². The summed E-state index contributed by atoms with van der Waals surface area (Å²) in [7, 11) is 0. The lowest BCUT2D eigenvalue weighted by atomic mass is 10.1. The van der Waals surface area contributed by atoms with Crippen LogP contribution in [0.5, 0.6) is 0 Å². The van der Waals surface area contributed by atoms with Crippen molar-refractivity contribution in [3.05, 3.63) is 60.7 Å². The van der Waals surface area contributed by atoms with Crippen molar-refractivity contribution in [2.24, 2.45) is 0 Å². The third-order valence-electron chi connectivity index (χ3n) is 6.92. The first-order valence-corrected chi connectivity index (χ1v) is 15.0. The van der Waals surface area contributed by atoms with Gasteiger partial charge in [0, 0.05) is 46.5 Å². The monoisotopic (exact) mass is 628 g/mol. The summed E-state index contributed by atoms with van der Waals surface area (Å²) in [6.07, 6.45) is -11.8. The Morgan fingerprint density at radius 2 is 1.05 bits per heavy atom. The SMILES string of the molecule is Cl.FC(F)(F)[C@H](CN1CCCC(Sc2ccccc2)C1)O[C@@H](CN1CCCC(Sc2ccccc2)C1)C(F)(F)F. The number of hydrogen-bond acceptors (Lipinski definition) is 5. The third-order valence-corrected chi connectivity index (χ3v) is 9.45. The summed E-state index contributed by atoms with van der Waals surface area (Å²) in [5.74, 6) is 0. The molecule has 2 unspecified atom stereocenters. The Balaban J connectivity index is 0.00000441. The van der Waals surface area contributed by atoms with Gasteiger partial charge in [0.15, 0.2) is 12.2 Å². The summed E-state index contributed by atoms with van der Waals surface area (Å²) in [6, 6.07) is 19.2. The van der Waals surface area contributed by atoms with Gasteiger partial charge in [-0.25, -0.2) is 0 Å². The largest absolute Gasteiger partial charge is 0.415 e.